The van der Waals surface area contributed by atoms with Crippen molar-refractivity contribution in [1.82, 2.24) is 14.9 Å². The van der Waals surface area contributed by atoms with Crippen molar-refractivity contribution in [1.29, 1.82) is 0 Å². The van der Waals surface area contributed by atoms with E-state index < -0.39 is 0 Å². The first-order chi connectivity index (χ1) is 16.0. The molecule has 2 aromatic heterocycles. The molecule has 172 valence electrons. The topological polar surface area (TPSA) is 44.3 Å². The normalized spacial score (nSPS) is 11.5. The molecule has 0 saturated carbocycles. The zero-order valence-corrected chi connectivity index (χ0v) is 20.5. The summed E-state index contributed by atoms with van der Waals surface area (Å²) >= 11 is 0. The standard InChI is InChI=1S/C28H35N5/c1-6-33(7-2)27-20(3)28(29-18-13-19-32(4)5)31-26-22-16-11-12-17-23(22)30-25(24(26)27)21-14-9-8-10-15-21/h8-12,14-17H,6-7,13,18-19H2,1-5H3,(H,29,31). The average Bonchev–Trinajstić information content (AvgIpc) is 2.84. The molecule has 0 spiro atoms. The van der Waals surface area contributed by atoms with Gasteiger partial charge in [-0.05, 0) is 53.9 Å². The summed E-state index contributed by atoms with van der Waals surface area (Å²) < 4.78 is 0. The van der Waals surface area contributed by atoms with Crippen molar-refractivity contribution in [3.63, 3.8) is 0 Å². The van der Waals surface area contributed by atoms with E-state index >= 15 is 0 Å². The van der Waals surface area contributed by atoms with Crippen molar-refractivity contribution < 1.29 is 0 Å². The molecule has 0 saturated heterocycles. The lowest BCUT2D eigenvalue weighted by Crippen LogP contribution is -2.24. The molecule has 2 heterocycles. The van der Waals surface area contributed by atoms with E-state index in [0.29, 0.717) is 0 Å². The lowest BCUT2D eigenvalue weighted by molar-refractivity contribution is 0.405. The van der Waals surface area contributed by atoms with Crippen LogP contribution in [0.25, 0.3) is 33.1 Å². The molecule has 5 nitrogen and oxygen atoms in total. The Bertz CT molecular complexity index is 1230. The maximum absolute atomic E-state index is 5.23. The fourth-order valence-electron chi connectivity index (χ4n) is 4.54. The number of nitrogens with one attached hydrogen (secondary N) is 1. The van der Waals surface area contributed by atoms with Gasteiger partial charge in [0.15, 0.2) is 0 Å². The summed E-state index contributed by atoms with van der Waals surface area (Å²) in [6.45, 7) is 10.4. The van der Waals surface area contributed by atoms with E-state index in [2.05, 4.69) is 105 Å². The Balaban J connectivity index is 2.02. The number of pyridine rings is 2. The van der Waals surface area contributed by atoms with Crippen LogP contribution in [0, 0.1) is 6.92 Å². The van der Waals surface area contributed by atoms with E-state index in [9.17, 15) is 0 Å². The van der Waals surface area contributed by atoms with Crippen LogP contribution >= 0.6 is 0 Å². The number of hydrogen-bond acceptors (Lipinski definition) is 5. The Kier molecular flexibility index (Phi) is 7.09. The van der Waals surface area contributed by atoms with Crippen LogP contribution in [-0.2, 0) is 0 Å². The SMILES string of the molecule is CCN(CC)c1c(C)c(NCCCN(C)C)nc2c1c(-c1ccccc1)nc1ccccc12. The fourth-order valence-corrected chi connectivity index (χ4v) is 4.54. The molecule has 0 aliphatic rings. The minimum atomic E-state index is 0.893. The summed E-state index contributed by atoms with van der Waals surface area (Å²) in [5.41, 5.74) is 6.53. The predicted molar refractivity (Wildman–Crippen MR) is 142 cm³/mol. The van der Waals surface area contributed by atoms with Gasteiger partial charge in [-0.15, -0.1) is 0 Å². The Morgan fingerprint density at radius 2 is 1.58 bits per heavy atom. The van der Waals surface area contributed by atoms with E-state index in [1.807, 2.05) is 0 Å². The number of benzene rings is 2. The maximum Gasteiger partial charge on any atom is 0.131 e. The van der Waals surface area contributed by atoms with Crippen LogP contribution < -0.4 is 10.2 Å². The van der Waals surface area contributed by atoms with Gasteiger partial charge in [0.2, 0.25) is 0 Å². The monoisotopic (exact) mass is 441 g/mol. The van der Waals surface area contributed by atoms with Crippen LogP contribution in [0.1, 0.15) is 25.8 Å². The van der Waals surface area contributed by atoms with Crippen molar-refractivity contribution in [3.8, 4) is 11.3 Å². The van der Waals surface area contributed by atoms with Gasteiger partial charge in [-0.25, -0.2) is 9.97 Å². The summed E-state index contributed by atoms with van der Waals surface area (Å²) in [4.78, 5) is 15.0. The number of nitrogens with zero attached hydrogens (tertiary/aromatic N) is 4. The predicted octanol–water partition coefficient (Wildman–Crippen LogP) is 5.97. The lowest BCUT2D eigenvalue weighted by atomic mass is 9.99. The minimum Gasteiger partial charge on any atom is -0.371 e. The van der Waals surface area contributed by atoms with Crippen LogP contribution in [0.5, 0.6) is 0 Å². The van der Waals surface area contributed by atoms with Crippen molar-refractivity contribution >= 4 is 33.3 Å². The zero-order valence-electron chi connectivity index (χ0n) is 20.5. The third kappa shape index (κ3) is 4.64. The number of rotatable bonds is 9. The first kappa shape index (κ1) is 23.0. The summed E-state index contributed by atoms with van der Waals surface area (Å²) in [6.07, 6.45) is 1.07. The van der Waals surface area contributed by atoms with Gasteiger partial charge in [0.25, 0.3) is 0 Å². The molecule has 0 aliphatic carbocycles. The third-order valence-corrected chi connectivity index (χ3v) is 6.24. The zero-order chi connectivity index (χ0) is 23.4. The lowest BCUT2D eigenvalue weighted by Gasteiger charge is -2.28. The Morgan fingerprint density at radius 3 is 2.27 bits per heavy atom. The van der Waals surface area contributed by atoms with E-state index in [1.54, 1.807) is 0 Å². The molecule has 0 aliphatic heterocycles. The summed E-state index contributed by atoms with van der Waals surface area (Å²) in [5.74, 6) is 0.971. The highest BCUT2D eigenvalue weighted by Crippen LogP contribution is 2.41. The van der Waals surface area contributed by atoms with E-state index in [-0.39, 0.29) is 0 Å². The van der Waals surface area contributed by atoms with Gasteiger partial charge >= 0.3 is 0 Å². The van der Waals surface area contributed by atoms with Gasteiger partial charge in [-0.2, -0.15) is 0 Å². The van der Waals surface area contributed by atoms with Crippen LogP contribution in [0.4, 0.5) is 11.5 Å². The third-order valence-electron chi connectivity index (χ3n) is 6.24. The average molecular weight is 442 g/mol. The number of para-hydroxylation sites is 1. The first-order valence-corrected chi connectivity index (χ1v) is 12.0. The molecule has 0 radical (unpaired) electrons. The molecule has 0 bridgehead atoms. The van der Waals surface area contributed by atoms with Crippen molar-refractivity contribution in [2.24, 2.45) is 0 Å². The first-order valence-electron chi connectivity index (χ1n) is 12.0. The molecule has 5 heteroatoms. The Labute approximate surface area is 197 Å². The van der Waals surface area contributed by atoms with Crippen LogP contribution in [0.15, 0.2) is 54.6 Å². The molecule has 0 fully saturated rings. The Morgan fingerprint density at radius 1 is 0.879 bits per heavy atom. The minimum absolute atomic E-state index is 0.893. The van der Waals surface area contributed by atoms with Crippen molar-refractivity contribution in [2.75, 3.05) is 50.5 Å². The molecule has 0 amide bonds. The highest BCUT2D eigenvalue weighted by Gasteiger charge is 2.22. The van der Waals surface area contributed by atoms with Gasteiger partial charge in [0, 0.05) is 36.1 Å². The largest absolute Gasteiger partial charge is 0.371 e. The van der Waals surface area contributed by atoms with E-state index in [4.69, 9.17) is 9.97 Å². The highest BCUT2D eigenvalue weighted by molar-refractivity contribution is 6.15. The van der Waals surface area contributed by atoms with E-state index in [0.717, 1.165) is 71.5 Å². The smallest absolute Gasteiger partial charge is 0.131 e. The van der Waals surface area contributed by atoms with Gasteiger partial charge in [0.1, 0.15) is 5.82 Å². The Hall–Kier alpha value is -3.18. The molecule has 4 aromatic rings. The van der Waals surface area contributed by atoms with Crippen molar-refractivity contribution in [3.05, 3.63) is 60.2 Å². The van der Waals surface area contributed by atoms with E-state index in [1.165, 1.54) is 11.3 Å². The van der Waals surface area contributed by atoms with Gasteiger partial charge < -0.3 is 15.1 Å². The summed E-state index contributed by atoms with van der Waals surface area (Å²) in [5, 5.41) is 5.88. The molecule has 2 aromatic carbocycles. The molecule has 0 atom stereocenters. The summed E-state index contributed by atoms with van der Waals surface area (Å²) in [6, 6.07) is 18.9. The molecule has 4 rings (SSSR count). The molecular weight excluding hydrogens is 406 g/mol. The second-order valence-corrected chi connectivity index (χ2v) is 8.76. The fraction of sp³-hybridized carbons (Fsp3) is 0.357. The number of hydrogen-bond donors (Lipinski definition) is 1. The summed E-state index contributed by atoms with van der Waals surface area (Å²) in [7, 11) is 4.23. The van der Waals surface area contributed by atoms with Gasteiger partial charge in [-0.3, -0.25) is 0 Å². The molecule has 0 unspecified atom stereocenters. The molecular formula is C28H35N5. The second-order valence-electron chi connectivity index (χ2n) is 8.76. The second kappa shape index (κ2) is 10.2. The number of anilines is 2. The molecule has 33 heavy (non-hydrogen) atoms. The number of aromatic nitrogens is 2. The highest BCUT2D eigenvalue weighted by atomic mass is 15.1. The quantitative estimate of drug-likeness (QED) is 0.256. The van der Waals surface area contributed by atoms with Gasteiger partial charge in [0.05, 0.1) is 27.8 Å². The van der Waals surface area contributed by atoms with Gasteiger partial charge in [-0.1, -0.05) is 48.5 Å². The van der Waals surface area contributed by atoms with Crippen LogP contribution in [-0.4, -0.2) is 55.1 Å². The van der Waals surface area contributed by atoms with Crippen LogP contribution in [0.3, 0.4) is 0 Å². The molecule has 1 N–H and O–H groups in total. The van der Waals surface area contributed by atoms with Crippen LogP contribution in [0.2, 0.25) is 0 Å². The number of fused-ring (bicyclic) bond motifs is 3. The maximum atomic E-state index is 5.23. The van der Waals surface area contributed by atoms with Crippen molar-refractivity contribution in [2.45, 2.75) is 27.2 Å².